The van der Waals surface area contributed by atoms with Gasteiger partial charge in [0, 0.05) is 21.2 Å². The number of sulfonamides is 1. The van der Waals surface area contributed by atoms with E-state index < -0.39 is 32.5 Å². The molecule has 32 heavy (non-hydrogen) atoms. The summed E-state index contributed by atoms with van der Waals surface area (Å²) < 4.78 is 49.0. The molecule has 1 aromatic heterocycles. The van der Waals surface area contributed by atoms with Crippen LogP contribution in [-0.4, -0.2) is 31.7 Å². The lowest BCUT2D eigenvalue weighted by Crippen LogP contribution is -2.15. The van der Waals surface area contributed by atoms with Crippen molar-refractivity contribution in [1.29, 1.82) is 0 Å². The third kappa shape index (κ3) is 3.97. The predicted molar refractivity (Wildman–Crippen MR) is 120 cm³/mol. The molecule has 3 N–H and O–H groups in total. The highest BCUT2D eigenvalue weighted by Gasteiger charge is 2.24. The minimum atomic E-state index is -4.43. The zero-order chi connectivity index (χ0) is 23.0. The van der Waals surface area contributed by atoms with E-state index in [0.29, 0.717) is 4.88 Å². The van der Waals surface area contributed by atoms with Crippen molar-refractivity contribution in [3.8, 4) is 21.9 Å². The van der Waals surface area contributed by atoms with E-state index in [1.807, 2.05) is 24.3 Å². The van der Waals surface area contributed by atoms with Gasteiger partial charge in [-0.1, -0.05) is 18.2 Å². The number of hydrogen-bond acceptors (Lipinski definition) is 6. The third-order valence-electron chi connectivity index (χ3n) is 4.72. The SMILES string of the molecule is COc1cc(F)c(-c2cc3ccccc3s2)cc1NS(=O)(=O)c1cc(C(=O)O)ccc1O. The standard InChI is InChI=1S/C22H16FNO6S2/c1-30-18-11-15(23)14(20-8-12-4-2-3-5-19(12)31-20)10-16(18)24-32(28,29)21-9-13(22(26)27)6-7-17(21)25/h2-11,24-25H,1H3,(H,26,27). The Kier molecular flexibility index (Phi) is 5.49. The van der Waals surface area contributed by atoms with Gasteiger partial charge in [0.1, 0.15) is 22.2 Å². The van der Waals surface area contributed by atoms with Crippen LogP contribution in [0.25, 0.3) is 20.5 Å². The second kappa shape index (κ2) is 8.13. The molecule has 0 fully saturated rings. The summed E-state index contributed by atoms with van der Waals surface area (Å²) in [6, 6.07) is 14.6. The maximum absolute atomic E-state index is 14.8. The number of benzene rings is 3. The normalized spacial score (nSPS) is 11.4. The summed E-state index contributed by atoms with van der Waals surface area (Å²) in [7, 11) is -3.17. The smallest absolute Gasteiger partial charge is 0.335 e. The van der Waals surface area contributed by atoms with Crippen LogP contribution >= 0.6 is 11.3 Å². The Bertz CT molecular complexity index is 1430. The fraction of sp³-hybridized carbons (Fsp3) is 0.0455. The highest BCUT2D eigenvalue weighted by molar-refractivity contribution is 7.92. The molecule has 0 saturated carbocycles. The van der Waals surface area contributed by atoms with Crippen molar-refractivity contribution in [2.24, 2.45) is 0 Å². The number of carbonyl (C=O) groups is 1. The zero-order valence-electron chi connectivity index (χ0n) is 16.5. The quantitative estimate of drug-likeness (QED) is 0.366. The number of aromatic hydroxyl groups is 1. The monoisotopic (exact) mass is 473 g/mol. The van der Waals surface area contributed by atoms with Gasteiger partial charge in [0.25, 0.3) is 10.0 Å². The van der Waals surface area contributed by atoms with Crippen LogP contribution in [0.15, 0.2) is 65.6 Å². The molecule has 4 aromatic rings. The summed E-state index contributed by atoms with van der Waals surface area (Å²) in [5, 5.41) is 20.1. The van der Waals surface area contributed by atoms with Gasteiger partial charge in [-0.25, -0.2) is 17.6 Å². The maximum atomic E-state index is 14.8. The number of hydrogen-bond donors (Lipinski definition) is 3. The highest BCUT2D eigenvalue weighted by Crippen LogP contribution is 2.40. The largest absolute Gasteiger partial charge is 0.507 e. The molecule has 164 valence electrons. The number of nitrogens with one attached hydrogen (secondary N) is 1. The molecular formula is C22H16FNO6S2. The molecule has 1 heterocycles. The van der Waals surface area contributed by atoms with Crippen molar-refractivity contribution in [2.75, 3.05) is 11.8 Å². The van der Waals surface area contributed by atoms with Gasteiger partial charge in [-0.3, -0.25) is 4.72 Å². The summed E-state index contributed by atoms with van der Waals surface area (Å²) >= 11 is 1.35. The van der Waals surface area contributed by atoms with Gasteiger partial charge in [0.2, 0.25) is 0 Å². The molecule has 0 aliphatic rings. The molecule has 0 spiro atoms. The number of carboxylic acids is 1. The molecule has 0 radical (unpaired) electrons. The van der Waals surface area contributed by atoms with Crippen LogP contribution in [-0.2, 0) is 10.0 Å². The number of phenols is 1. The lowest BCUT2D eigenvalue weighted by molar-refractivity contribution is 0.0696. The number of anilines is 1. The number of thiophene rings is 1. The van der Waals surface area contributed by atoms with Crippen molar-refractivity contribution in [1.82, 2.24) is 0 Å². The molecule has 0 bridgehead atoms. The van der Waals surface area contributed by atoms with Crippen molar-refractivity contribution in [3.63, 3.8) is 0 Å². The van der Waals surface area contributed by atoms with Gasteiger partial charge in [-0.05, 0) is 41.8 Å². The molecule has 0 aliphatic carbocycles. The van der Waals surface area contributed by atoms with E-state index in [9.17, 15) is 22.7 Å². The Hall–Kier alpha value is -3.63. The molecule has 0 unspecified atom stereocenters. The number of aromatic carboxylic acids is 1. The number of rotatable bonds is 6. The number of fused-ring (bicyclic) bond motifs is 1. The van der Waals surface area contributed by atoms with E-state index in [2.05, 4.69) is 4.72 Å². The lowest BCUT2D eigenvalue weighted by Gasteiger charge is -2.15. The lowest BCUT2D eigenvalue weighted by atomic mass is 10.1. The average Bonchev–Trinajstić information content (AvgIpc) is 3.18. The third-order valence-corrected chi connectivity index (χ3v) is 7.26. The first-order chi connectivity index (χ1) is 15.2. The second-order valence-corrected chi connectivity index (χ2v) is 9.51. The fourth-order valence-electron chi connectivity index (χ4n) is 3.17. The van der Waals surface area contributed by atoms with E-state index in [1.54, 1.807) is 6.07 Å². The van der Waals surface area contributed by atoms with Gasteiger partial charge in [-0.15, -0.1) is 11.3 Å². The van der Waals surface area contributed by atoms with E-state index in [4.69, 9.17) is 9.84 Å². The van der Waals surface area contributed by atoms with Crippen LogP contribution in [0.1, 0.15) is 10.4 Å². The summed E-state index contributed by atoms with van der Waals surface area (Å²) in [4.78, 5) is 11.2. The van der Waals surface area contributed by atoms with Gasteiger partial charge in [-0.2, -0.15) is 0 Å². The van der Waals surface area contributed by atoms with Crippen molar-refractivity contribution in [3.05, 3.63) is 72.0 Å². The minimum Gasteiger partial charge on any atom is -0.507 e. The first-order valence-electron chi connectivity index (χ1n) is 9.15. The number of phenolic OH excluding ortho intramolecular Hbond substituents is 1. The van der Waals surface area contributed by atoms with Crippen LogP contribution in [0.4, 0.5) is 10.1 Å². The van der Waals surface area contributed by atoms with Crippen LogP contribution in [0.3, 0.4) is 0 Å². The van der Waals surface area contributed by atoms with Crippen molar-refractivity contribution >= 4 is 43.1 Å². The fourth-order valence-corrected chi connectivity index (χ4v) is 5.43. The Morgan fingerprint density at radius 3 is 2.53 bits per heavy atom. The Labute approximate surface area is 186 Å². The van der Waals surface area contributed by atoms with E-state index in [1.165, 1.54) is 24.5 Å². The molecule has 3 aromatic carbocycles. The molecule has 4 rings (SSSR count). The zero-order valence-corrected chi connectivity index (χ0v) is 18.1. The molecule has 0 saturated heterocycles. The van der Waals surface area contributed by atoms with Gasteiger partial charge >= 0.3 is 5.97 Å². The number of ether oxygens (including phenoxy) is 1. The molecule has 0 aliphatic heterocycles. The van der Waals surface area contributed by atoms with Gasteiger partial charge in [0.05, 0.1) is 18.4 Å². The predicted octanol–water partition coefficient (Wildman–Crippen LogP) is 4.92. The number of methoxy groups -OCH3 is 1. The molecule has 0 atom stereocenters. The molecule has 7 nitrogen and oxygen atoms in total. The Morgan fingerprint density at radius 2 is 1.84 bits per heavy atom. The van der Waals surface area contributed by atoms with Gasteiger partial charge < -0.3 is 14.9 Å². The maximum Gasteiger partial charge on any atom is 0.335 e. The minimum absolute atomic E-state index is 0.0681. The summed E-state index contributed by atoms with van der Waals surface area (Å²) in [5.74, 6) is -2.67. The molecule has 0 amide bonds. The van der Waals surface area contributed by atoms with E-state index >= 15 is 0 Å². The first-order valence-corrected chi connectivity index (χ1v) is 11.4. The first kappa shape index (κ1) is 21.6. The van der Waals surface area contributed by atoms with E-state index in [0.717, 1.165) is 34.4 Å². The Balaban J connectivity index is 1.80. The van der Waals surface area contributed by atoms with Crippen molar-refractivity contribution < 1.29 is 32.6 Å². The second-order valence-electron chi connectivity index (χ2n) is 6.77. The summed E-state index contributed by atoms with van der Waals surface area (Å²) in [5.41, 5.74) is -0.227. The number of halogens is 1. The summed E-state index contributed by atoms with van der Waals surface area (Å²) in [6.07, 6.45) is 0. The van der Waals surface area contributed by atoms with Crippen LogP contribution < -0.4 is 9.46 Å². The van der Waals surface area contributed by atoms with Crippen LogP contribution in [0.2, 0.25) is 0 Å². The molecule has 10 heteroatoms. The topological polar surface area (TPSA) is 113 Å². The van der Waals surface area contributed by atoms with Crippen LogP contribution in [0.5, 0.6) is 11.5 Å². The van der Waals surface area contributed by atoms with Crippen molar-refractivity contribution in [2.45, 2.75) is 4.90 Å². The molecular weight excluding hydrogens is 457 g/mol. The highest BCUT2D eigenvalue weighted by atomic mass is 32.2. The average molecular weight is 474 g/mol. The summed E-state index contributed by atoms with van der Waals surface area (Å²) in [6.45, 7) is 0. The van der Waals surface area contributed by atoms with Crippen LogP contribution in [0, 0.1) is 5.82 Å². The number of carboxylic acid groups (broad SMARTS) is 1. The van der Waals surface area contributed by atoms with Gasteiger partial charge in [0.15, 0.2) is 0 Å². The van der Waals surface area contributed by atoms with E-state index in [-0.39, 0.29) is 22.6 Å². The Morgan fingerprint density at radius 1 is 1.09 bits per heavy atom.